The highest BCUT2D eigenvalue weighted by Gasteiger charge is 2.23. The lowest BCUT2D eigenvalue weighted by atomic mass is 10.0. The van der Waals surface area contributed by atoms with Gasteiger partial charge in [0.1, 0.15) is 6.54 Å². The van der Waals surface area contributed by atoms with Crippen molar-refractivity contribution in [3.8, 4) is 0 Å². The number of nitrogens with one attached hydrogen (secondary N) is 2. The number of hydrogen-bond donors (Lipinski definition) is 2. The summed E-state index contributed by atoms with van der Waals surface area (Å²) in [5, 5.41) is 10.7. The third-order valence-corrected chi connectivity index (χ3v) is 3.74. The Morgan fingerprint density at radius 1 is 1.45 bits per heavy atom. The minimum Gasteiger partial charge on any atom is -0.380 e. The van der Waals surface area contributed by atoms with Gasteiger partial charge in [-0.05, 0) is 32.6 Å². The molecule has 0 bridgehead atoms. The van der Waals surface area contributed by atoms with E-state index in [0.717, 1.165) is 38.0 Å². The maximum absolute atomic E-state index is 11.7. The van der Waals surface area contributed by atoms with E-state index in [0.29, 0.717) is 24.7 Å². The standard InChI is InChI=1S/C14H22N4O2/c1-10-6-12(4-5-20-10)16-13-7-15-18(8-13)9-14(19)17-11-2-3-11/h7-8,10-12,16H,2-6,9H2,1H3,(H,17,19). The van der Waals surface area contributed by atoms with E-state index < -0.39 is 0 Å². The van der Waals surface area contributed by atoms with Gasteiger partial charge in [0.2, 0.25) is 5.91 Å². The van der Waals surface area contributed by atoms with Gasteiger partial charge < -0.3 is 15.4 Å². The van der Waals surface area contributed by atoms with Crippen molar-refractivity contribution in [1.29, 1.82) is 0 Å². The van der Waals surface area contributed by atoms with Crippen LogP contribution in [0.5, 0.6) is 0 Å². The van der Waals surface area contributed by atoms with Crippen LogP contribution in [0.25, 0.3) is 0 Å². The number of nitrogens with zero attached hydrogens (tertiary/aromatic N) is 2. The molecule has 1 aliphatic heterocycles. The van der Waals surface area contributed by atoms with Crippen molar-refractivity contribution in [2.75, 3.05) is 11.9 Å². The van der Waals surface area contributed by atoms with Crippen molar-refractivity contribution >= 4 is 11.6 Å². The molecule has 1 aromatic rings. The number of carbonyl (C=O) groups is 1. The number of amides is 1. The van der Waals surface area contributed by atoms with Crippen LogP contribution in [-0.2, 0) is 16.1 Å². The molecule has 2 N–H and O–H groups in total. The van der Waals surface area contributed by atoms with Crippen molar-refractivity contribution in [3.63, 3.8) is 0 Å². The van der Waals surface area contributed by atoms with Crippen molar-refractivity contribution in [1.82, 2.24) is 15.1 Å². The molecule has 0 spiro atoms. The number of ether oxygens (including phenoxy) is 1. The lowest BCUT2D eigenvalue weighted by Crippen LogP contribution is -2.32. The summed E-state index contributed by atoms with van der Waals surface area (Å²) >= 11 is 0. The summed E-state index contributed by atoms with van der Waals surface area (Å²) in [6.45, 7) is 3.19. The van der Waals surface area contributed by atoms with Crippen LogP contribution in [-0.4, -0.2) is 40.5 Å². The smallest absolute Gasteiger partial charge is 0.241 e. The molecule has 2 atom stereocenters. The molecule has 1 saturated carbocycles. The number of hydrogen-bond acceptors (Lipinski definition) is 4. The van der Waals surface area contributed by atoms with E-state index in [4.69, 9.17) is 4.74 Å². The van der Waals surface area contributed by atoms with E-state index >= 15 is 0 Å². The summed E-state index contributed by atoms with van der Waals surface area (Å²) < 4.78 is 7.22. The molecule has 2 heterocycles. The third-order valence-electron chi connectivity index (χ3n) is 3.74. The van der Waals surface area contributed by atoms with E-state index in [9.17, 15) is 4.79 Å². The first-order valence-corrected chi connectivity index (χ1v) is 7.39. The molecule has 1 amide bonds. The fraction of sp³-hybridized carbons (Fsp3) is 0.714. The van der Waals surface area contributed by atoms with Crippen LogP contribution < -0.4 is 10.6 Å². The highest BCUT2D eigenvalue weighted by molar-refractivity contribution is 5.76. The molecule has 1 aromatic heterocycles. The van der Waals surface area contributed by atoms with Crippen molar-refractivity contribution in [2.24, 2.45) is 0 Å². The first-order chi connectivity index (χ1) is 9.69. The SMILES string of the molecule is CC1CC(Nc2cnn(CC(=O)NC3CC3)c2)CCO1. The van der Waals surface area contributed by atoms with Gasteiger partial charge in [-0.25, -0.2) is 0 Å². The third kappa shape index (κ3) is 3.72. The minimum absolute atomic E-state index is 0.0434. The van der Waals surface area contributed by atoms with Gasteiger partial charge in [0.25, 0.3) is 0 Å². The Hall–Kier alpha value is -1.56. The monoisotopic (exact) mass is 278 g/mol. The first kappa shape index (κ1) is 13.4. The molecule has 1 saturated heterocycles. The zero-order valence-corrected chi connectivity index (χ0v) is 11.8. The molecule has 6 nitrogen and oxygen atoms in total. The zero-order valence-electron chi connectivity index (χ0n) is 11.8. The van der Waals surface area contributed by atoms with Crippen LogP contribution in [0.3, 0.4) is 0 Å². The van der Waals surface area contributed by atoms with Crippen LogP contribution in [0, 0.1) is 0 Å². The highest BCUT2D eigenvalue weighted by atomic mass is 16.5. The molecule has 2 unspecified atom stereocenters. The van der Waals surface area contributed by atoms with Crippen LogP contribution in [0.4, 0.5) is 5.69 Å². The van der Waals surface area contributed by atoms with Crippen LogP contribution >= 0.6 is 0 Å². The molecule has 0 radical (unpaired) electrons. The molecule has 110 valence electrons. The van der Waals surface area contributed by atoms with Gasteiger partial charge in [0.15, 0.2) is 0 Å². The molecule has 0 aromatic carbocycles. The maximum Gasteiger partial charge on any atom is 0.241 e. The van der Waals surface area contributed by atoms with Gasteiger partial charge in [0.05, 0.1) is 18.0 Å². The summed E-state index contributed by atoms with van der Waals surface area (Å²) in [6, 6.07) is 0.830. The normalized spacial score (nSPS) is 26.2. The predicted molar refractivity (Wildman–Crippen MR) is 75.5 cm³/mol. The van der Waals surface area contributed by atoms with E-state index in [1.807, 2.05) is 6.20 Å². The number of rotatable bonds is 5. The fourth-order valence-corrected chi connectivity index (χ4v) is 2.54. The van der Waals surface area contributed by atoms with Crippen molar-refractivity contribution in [2.45, 2.75) is 57.3 Å². The maximum atomic E-state index is 11.7. The molecule has 2 fully saturated rings. The molecule has 3 rings (SSSR count). The average molecular weight is 278 g/mol. The summed E-state index contributed by atoms with van der Waals surface area (Å²) in [4.78, 5) is 11.7. The second-order valence-corrected chi connectivity index (χ2v) is 5.82. The first-order valence-electron chi connectivity index (χ1n) is 7.39. The molecule has 2 aliphatic rings. The molecule has 20 heavy (non-hydrogen) atoms. The number of carbonyl (C=O) groups excluding carboxylic acids is 1. The van der Waals surface area contributed by atoms with Crippen LogP contribution in [0.15, 0.2) is 12.4 Å². The quantitative estimate of drug-likeness (QED) is 0.847. The highest BCUT2D eigenvalue weighted by Crippen LogP contribution is 2.19. The van der Waals surface area contributed by atoms with Gasteiger partial charge in [0, 0.05) is 24.9 Å². The topological polar surface area (TPSA) is 68.2 Å². The van der Waals surface area contributed by atoms with E-state index in [2.05, 4.69) is 22.7 Å². The average Bonchev–Trinajstić information content (AvgIpc) is 3.09. The molecular weight excluding hydrogens is 256 g/mol. The van der Waals surface area contributed by atoms with Gasteiger partial charge in [-0.1, -0.05) is 0 Å². The number of anilines is 1. The van der Waals surface area contributed by atoms with Gasteiger partial charge in [-0.15, -0.1) is 0 Å². The van der Waals surface area contributed by atoms with Crippen molar-refractivity contribution in [3.05, 3.63) is 12.4 Å². The molecule has 6 heteroatoms. The predicted octanol–water partition coefficient (Wildman–Crippen LogP) is 1.14. The second kappa shape index (κ2) is 5.83. The van der Waals surface area contributed by atoms with Crippen LogP contribution in [0.1, 0.15) is 32.6 Å². The minimum atomic E-state index is 0.0434. The van der Waals surface area contributed by atoms with E-state index in [1.54, 1.807) is 10.9 Å². The Kier molecular flexibility index (Phi) is 3.91. The van der Waals surface area contributed by atoms with Gasteiger partial charge >= 0.3 is 0 Å². The Balaban J connectivity index is 1.49. The van der Waals surface area contributed by atoms with E-state index in [-0.39, 0.29) is 5.91 Å². The Morgan fingerprint density at radius 2 is 2.30 bits per heavy atom. The van der Waals surface area contributed by atoms with Gasteiger partial charge in [-0.2, -0.15) is 5.10 Å². The van der Waals surface area contributed by atoms with Gasteiger partial charge in [-0.3, -0.25) is 9.48 Å². The van der Waals surface area contributed by atoms with E-state index in [1.165, 1.54) is 0 Å². The summed E-state index contributed by atoms with van der Waals surface area (Å²) in [7, 11) is 0. The summed E-state index contributed by atoms with van der Waals surface area (Å²) in [6.07, 6.45) is 8.22. The summed E-state index contributed by atoms with van der Waals surface area (Å²) in [5.74, 6) is 0.0434. The Labute approximate surface area is 118 Å². The lowest BCUT2D eigenvalue weighted by molar-refractivity contribution is -0.122. The fourth-order valence-electron chi connectivity index (χ4n) is 2.54. The lowest BCUT2D eigenvalue weighted by Gasteiger charge is -2.28. The Morgan fingerprint density at radius 3 is 3.05 bits per heavy atom. The largest absolute Gasteiger partial charge is 0.380 e. The van der Waals surface area contributed by atoms with Crippen LogP contribution in [0.2, 0.25) is 0 Å². The zero-order chi connectivity index (χ0) is 13.9. The number of aromatic nitrogens is 2. The molecule has 1 aliphatic carbocycles. The van der Waals surface area contributed by atoms with Crippen molar-refractivity contribution < 1.29 is 9.53 Å². The second-order valence-electron chi connectivity index (χ2n) is 5.82. The molecular formula is C14H22N4O2. The summed E-state index contributed by atoms with van der Waals surface area (Å²) in [5.41, 5.74) is 0.975. The Bertz CT molecular complexity index is 469.